The van der Waals surface area contributed by atoms with Crippen LogP contribution < -0.4 is 34.7 Å². The summed E-state index contributed by atoms with van der Waals surface area (Å²) < 4.78 is 112. The Bertz CT molecular complexity index is 5410. The summed E-state index contributed by atoms with van der Waals surface area (Å²) in [5.74, 6) is -6.64. The van der Waals surface area contributed by atoms with Crippen molar-refractivity contribution in [2.75, 3.05) is 61.2 Å². The van der Waals surface area contributed by atoms with Crippen LogP contribution in [0.25, 0.3) is 33.4 Å². The zero-order valence-corrected chi connectivity index (χ0v) is 69.5. The number of carboxylic acids is 2. The van der Waals surface area contributed by atoms with E-state index in [0.717, 1.165) is 59.0 Å². The Kier molecular flexibility index (Phi) is 31.8. The number of halogens is 4. The second kappa shape index (κ2) is 40.0. The average molecular weight is 1730 g/mol. The van der Waals surface area contributed by atoms with Crippen molar-refractivity contribution in [1.82, 2.24) is 10.2 Å². The molecule has 0 radical (unpaired) electrons. The fourth-order valence-electron chi connectivity index (χ4n) is 10.1. The second-order valence-corrected chi connectivity index (χ2v) is 35.4. The van der Waals surface area contributed by atoms with E-state index >= 15 is 0 Å². The molecule has 9 aromatic rings. The van der Waals surface area contributed by atoms with Gasteiger partial charge in [0.05, 0.1) is 43.3 Å². The number of carbonyl (C=O) groups is 6. The van der Waals surface area contributed by atoms with E-state index in [4.69, 9.17) is 84.7 Å². The van der Waals surface area contributed by atoms with Crippen molar-refractivity contribution < 1.29 is 108 Å². The summed E-state index contributed by atoms with van der Waals surface area (Å²) in [6.07, 6.45) is 2.24. The van der Waals surface area contributed by atoms with Gasteiger partial charge in [0.25, 0.3) is 35.0 Å². The molecule has 1 amide bonds. The third kappa shape index (κ3) is 27.9. The van der Waals surface area contributed by atoms with Gasteiger partial charge >= 0.3 is 29.8 Å². The van der Waals surface area contributed by atoms with Crippen molar-refractivity contribution in [1.29, 1.82) is 0 Å². The number of sulfonamides is 2. The predicted molar refractivity (Wildman–Crippen MR) is 440 cm³/mol. The van der Waals surface area contributed by atoms with Gasteiger partial charge in [-0.2, -0.15) is 0 Å². The van der Waals surface area contributed by atoms with Crippen LogP contribution in [-0.4, -0.2) is 154 Å². The van der Waals surface area contributed by atoms with Crippen molar-refractivity contribution in [2.45, 2.75) is 107 Å². The van der Waals surface area contributed by atoms with Gasteiger partial charge in [-0.05, 0) is 194 Å². The highest BCUT2D eigenvalue weighted by atomic mass is 35.7. The first-order chi connectivity index (χ1) is 54.2. The number of phenolic OH excluding ortho intramolecular Hbond substituents is 3. The maximum Gasteiger partial charge on any atom is 0.344 e. The molecular weight excluding hydrogens is 1650 g/mol. The number of carbonyl (C=O) groups excluding carboxylic acids is 4. The molecule has 2 heterocycles. The first-order valence-corrected chi connectivity index (χ1v) is 41.5. The summed E-state index contributed by atoms with van der Waals surface area (Å²) in [5, 5.41) is 49.9. The minimum Gasteiger partial charge on any atom is -0.505 e. The Morgan fingerprint density at radius 2 is 0.733 bits per heavy atom. The number of nitrogens with two attached hydrogens (primary N) is 1. The van der Waals surface area contributed by atoms with Crippen LogP contribution in [0.15, 0.2) is 197 Å². The summed E-state index contributed by atoms with van der Waals surface area (Å²) in [7, 11) is -8.30. The summed E-state index contributed by atoms with van der Waals surface area (Å²) in [4.78, 5) is 70.2. The van der Waals surface area contributed by atoms with Gasteiger partial charge in [-0.25, -0.2) is 49.2 Å². The lowest BCUT2D eigenvalue weighted by Crippen LogP contribution is -2.42. The van der Waals surface area contributed by atoms with Crippen LogP contribution in [-0.2, 0) is 57.7 Å². The first kappa shape index (κ1) is 92.1. The summed E-state index contributed by atoms with van der Waals surface area (Å²) in [6.45, 7) is 18.2. The molecular formula is C81H85Cl4N5O23S3. The minimum atomic E-state index is -4.56. The molecule has 0 saturated carbocycles. The van der Waals surface area contributed by atoms with Gasteiger partial charge in [-0.3, -0.25) is 14.2 Å². The highest BCUT2D eigenvalue weighted by molar-refractivity contribution is 8.13. The van der Waals surface area contributed by atoms with E-state index in [9.17, 15) is 74.4 Å². The van der Waals surface area contributed by atoms with E-state index < -0.39 is 137 Å². The number of nitrogen functional groups attached to an aromatic ring is 1. The van der Waals surface area contributed by atoms with Gasteiger partial charge in [0.1, 0.15) is 48.7 Å². The van der Waals surface area contributed by atoms with E-state index in [2.05, 4.69) is 14.8 Å². The Balaban J connectivity index is 0.000000221. The molecule has 11 rings (SSSR count). The standard InChI is InChI=1S/C28H29ClN2O7S.C25H24ClNO8S.C18H21NO3.C7H4Cl2O5S.C3H7N/c1-28(2,3)38-25(32)17-37-23-11-10-19(18-8-5-4-6-9-18)15-22(23)30-39(35,36)24-16-20(14-21(29)26(24)33)27(34)31-12-7-13-31;1-25(2,3)35-22(28)14-34-20-10-9-16(15-7-5-4-6-8-15)12-19(20)27-36(32,33)21-13-17(24(30)31)11-18(26)23(21)29;1-18(2,3)22-17(20)12-21-16-10-9-14(11-15(16)19)13-7-5-4-6-8-13;8-4-1-3(7(11)12)2-5(6(4)10)15(9,13)14;1-2-4-3-1/h4-6,8-11,14-16,30,33H,7,12-13,17H2,1-3H3;4-13,27,29H,14H2,1-3H3,(H,30,31);4-11H,12,19H2,1-3H3;1-2,10H,(H,11,12);4H,1-3H2. The van der Waals surface area contributed by atoms with Gasteiger partial charge in [0, 0.05) is 29.3 Å². The van der Waals surface area contributed by atoms with Crippen LogP contribution in [0.1, 0.15) is 106 Å². The lowest BCUT2D eigenvalue weighted by Gasteiger charge is -2.31. The first-order valence-electron chi connectivity index (χ1n) is 35.1. The number of ether oxygens (including phenoxy) is 6. The third-order valence-corrected chi connectivity index (χ3v) is 20.6. The smallest absolute Gasteiger partial charge is 0.344 e. The number of aromatic carboxylic acids is 2. The van der Waals surface area contributed by atoms with E-state index in [1.54, 1.807) is 70.7 Å². The molecule has 2 saturated heterocycles. The number of likely N-dealkylation sites (tertiary alicyclic amines) is 1. The van der Waals surface area contributed by atoms with E-state index in [0.29, 0.717) is 35.7 Å². The largest absolute Gasteiger partial charge is 0.505 e. The van der Waals surface area contributed by atoms with Gasteiger partial charge < -0.3 is 69.9 Å². The van der Waals surface area contributed by atoms with Crippen LogP contribution in [0.4, 0.5) is 17.1 Å². The number of hydrogen-bond acceptors (Lipinski definition) is 23. The zero-order chi connectivity index (χ0) is 85.8. The van der Waals surface area contributed by atoms with Crippen LogP contribution >= 0.6 is 45.5 Å². The van der Waals surface area contributed by atoms with Crippen LogP contribution in [0, 0.1) is 0 Å². The molecule has 2 aliphatic heterocycles. The second-order valence-electron chi connectivity index (χ2n) is 28.3. The summed E-state index contributed by atoms with van der Waals surface area (Å²) >= 11 is 17.4. The number of nitrogens with zero attached hydrogens (tertiary/aromatic N) is 1. The Labute approximate surface area is 690 Å². The molecule has 9 aromatic carbocycles. The number of nitrogens with one attached hydrogen (secondary N) is 3. The molecule has 10 N–H and O–H groups in total. The molecule has 0 aliphatic carbocycles. The number of phenols is 3. The van der Waals surface area contributed by atoms with Crippen LogP contribution in [0.5, 0.6) is 34.5 Å². The third-order valence-electron chi connectivity index (χ3n) is 15.6. The fraction of sp³-hybridized carbons (Fsp3) is 0.259. The number of hydrogen-bond donors (Lipinski definition) is 9. The maximum atomic E-state index is 13.5. The molecule has 0 aromatic heterocycles. The lowest BCUT2D eigenvalue weighted by atomic mass is 10.1. The molecule has 2 aliphatic rings. The zero-order valence-electron chi connectivity index (χ0n) is 64.0. The number of esters is 3. The molecule has 2 fully saturated rings. The topological polar surface area (TPSA) is 427 Å². The SMILES string of the molecule is C1CNC1.CC(C)(C)OC(=O)COc1ccc(-c2ccccc2)cc1N.CC(C)(C)OC(=O)COc1ccc(-c2ccccc2)cc1NS(=O)(=O)c1cc(C(=O)N2CCC2)cc(Cl)c1O.CC(C)(C)OC(=O)COc1ccc(-c2ccccc2)cc1NS(=O)(=O)c1cc(C(=O)O)cc(Cl)c1O.O=C(O)c1cc(Cl)c(O)c(S(=O)(=O)Cl)c1. The van der Waals surface area contributed by atoms with Crippen molar-refractivity contribution in [2.24, 2.45) is 0 Å². The van der Waals surface area contributed by atoms with Gasteiger partial charge in [0.2, 0.25) is 0 Å². The van der Waals surface area contributed by atoms with Gasteiger partial charge in [-0.15, -0.1) is 0 Å². The van der Waals surface area contributed by atoms with Crippen LogP contribution in [0.3, 0.4) is 0 Å². The number of carboxylic acid groups (broad SMARTS) is 2. The number of amides is 1. The Hall–Kier alpha value is -11.0. The normalized spacial score (nSPS) is 12.5. The van der Waals surface area contributed by atoms with E-state index in [-0.39, 0.29) is 51.5 Å². The molecule has 116 heavy (non-hydrogen) atoms. The van der Waals surface area contributed by atoms with E-state index in [1.165, 1.54) is 43.8 Å². The lowest BCUT2D eigenvalue weighted by molar-refractivity contribution is -0.158. The predicted octanol–water partition coefficient (Wildman–Crippen LogP) is 15.3. The molecule has 35 heteroatoms. The number of aromatic hydroxyl groups is 3. The van der Waals surface area contributed by atoms with Gasteiger partial charge in [-0.1, -0.05) is 144 Å². The van der Waals surface area contributed by atoms with E-state index in [1.807, 2.05) is 124 Å². The molecule has 0 unspecified atom stereocenters. The summed E-state index contributed by atoms with van der Waals surface area (Å²) in [5.41, 5.74) is 8.63. The van der Waals surface area contributed by atoms with Crippen LogP contribution in [0.2, 0.25) is 15.1 Å². The quantitative estimate of drug-likeness (QED) is 0.0132. The molecule has 0 bridgehead atoms. The molecule has 0 spiro atoms. The van der Waals surface area contributed by atoms with Crippen molar-refractivity contribution >= 4 is 127 Å². The maximum absolute atomic E-state index is 13.5. The fourth-order valence-corrected chi connectivity index (χ4v) is 14.3. The molecule has 28 nitrogen and oxygen atoms in total. The highest BCUT2D eigenvalue weighted by Crippen LogP contribution is 2.41. The average Bonchev–Trinajstić information content (AvgIpc) is 0.782. The number of anilines is 3. The Morgan fingerprint density at radius 1 is 0.431 bits per heavy atom. The molecule has 0 atom stereocenters. The Morgan fingerprint density at radius 3 is 1.03 bits per heavy atom. The number of rotatable bonds is 22. The molecule has 618 valence electrons. The highest BCUT2D eigenvalue weighted by Gasteiger charge is 2.31. The monoisotopic (exact) mass is 1730 g/mol. The summed E-state index contributed by atoms with van der Waals surface area (Å²) in [6, 6.07) is 48.9. The number of benzene rings is 9. The van der Waals surface area contributed by atoms with Crippen molar-refractivity contribution in [3.63, 3.8) is 0 Å². The van der Waals surface area contributed by atoms with Crippen molar-refractivity contribution in [3.8, 4) is 67.9 Å². The van der Waals surface area contributed by atoms with Crippen molar-refractivity contribution in [3.05, 3.63) is 214 Å². The minimum absolute atomic E-state index is 0.00379. The van der Waals surface area contributed by atoms with Gasteiger partial charge in [0.15, 0.2) is 37.1 Å².